The molecule has 0 heterocycles. The van der Waals surface area contributed by atoms with Gasteiger partial charge in [-0.25, -0.2) is 9.13 Å². The van der Waals surface area contributed by atoms with Gasteiger partial charge in [-0.05, 0) is 141 Å². The maximum absolute atomic E-state index is 12.9. The molecule has 5 unspecified atom stereocenters. The van der Waals surface area contributed by atoms with Crippen LogP contribution in [0.3, 0.4) is 0 Å². The predicted molar refractivity (Wildman–Crippen MR) is 389 cm³/mol. The summed E-state index contributed by atoms with van der Waals surface area (Å²) in [6.45, 7) is 2.37. The van der Waals surface area contributed by atoms with E-state index in [1.807, 2.05) is 0 Å². The van der Waals surface area contributed by atoms with Gasteiger partial charge in [-0.2, -0.15) is 0 Å². The van der Waals surface area contributed by atoms with Crippen molar-refractivity contribution in [1.29, 1.82) is 0 Å². The SMILES string of the molecule is CC/C=C\C/C=C\C/C=C\C/C=C\C/C=C\C/C=C\CCCCC(=O)OCC(COP(=O)(O)OCC(O)COP(=O)(O)OCC(O)COC(=O)CCCCCCCCCCC/C=C\C/C=C\C/C=C\C/C=C\CCCCC)OC(=O)CCCCCCC/C=C\C/C=C\CCC. The molecule has 0 radical (unpaired) electrons. The van der Waals surface area contributed by atoms with Gasteiger partial charge in [0, 0.05) is 19.3 Å². The third-order valence-electron chi connectivity index (χ3n) is 14.5. The van der Waals surface area contributed by atoms with Crippen molar-refractivity contribution in [1.82, 2.24) is 0 Å². The van der Waals surface area contributed by atoms with Crippen molar-refractivity contribution in [3.05, 3.63) is 146 Å². The van der Waals surface area contributed by atoms with Gasteiger partial charge in [-0.1, -0.05) is 250 Å². The molecule has 18 heteroatoms. The van der Waals surface area contributed by atoms with E-state index in [1.54, 1.807) is 0 Å². The van der Waals surface area contributed by atoms with Gasteiger partial charge < -0.3 is 34.2 Å². The van der Waals surface area contributed by atoms with Gasteiger partial charge in [0.15, 0.2) is 6.10 Å². The number of aliphatic hydroxyl groups excluding tert-OH is 2. The van der Waals surface area contributed by atoms with Gasteiger partial charge in [0.2, 0.25) is 0 Å². The van der Waals surface area contributed by atoms with Crippen LogP contribution in [0, 0.1) is 0 Å². The first kappa shape index (κ1) is 90.4. The number of aliphatic hydroxyl groups is 2. The zero-order valence-electron chi connectivity index (χ0n) is 58.8. The third kappa shape index (κ3) is 70.6. The Hall–Kier alpha value is -4.57. The molecule has 542 valence electrons. The topological polar surface area (TPSA) is 231 Å². The minimum atomic E-state index is -4.94. The van der Waals surface area contributed by atoms with E-state index in [0.717, 1.165) is 154 Å². The molecule has 0 spiro atoms. The number of rotatable bonds is 67. The zero-order valence-corrected chi connectivity index (χ0v) is 60.6. The highest BCUT2D eigenvalue weighted by Crippen LogP contribution is 2.45. The van der Waals surface area contributed by atoms with Crippen LogP contribution in [-0.2, 0) is 55.8 Å². The van der Waals surface area contributed by atoms with Crippen molar-refractivity contribution in [3.8, 4) is 0 Å². The Kier molecular flexibility index (Phi) is 66.0. The van der Waals surface area contributed by atoms with Gasteiger partial charge in [-0.15, -0.1) is 0 Å². The molecule has 0 aliphatic rings. The number of allylic oxidation sites excluding steroid dienone is 24. The van der Waals surface area contributed by atoms with Gasteiger partial charge in [-0.3, -0.25) is 32.5 Å². The average Bonchev–Trinajstić information content (AvgIpc) is 1.83. The fourth-order valence-electron chi connectivity index (χ4n) is 9.01. The second kappa shape index (κ2) is 69.3. The lowest BCUT2D eigenvalue weighted by Gasteiger charge is -2.21. The molecule has 95 heavy (non-hydrogen) atoms. The van der Waals surface area contributed by atoms with Crippen LogP contribution < -0.4 is 0 Å². The Labute approximate surface area is 575 Å². The molecule has 0 aromatic heterocycles. The van der Waals surface area contributed by atoms with E-state index in [2.05, 4.69) is 167 Å². The minimum Gasteiger partial charge on any atom is -0.463 e. The van der Waals surface area contributed by atoms with Crippen LogP contribution in [-0.4, -0.2) is 95.9 Å². The summed E-state index contributed by atoms with van der Waals surface area (Å²) in [5.41, 5.74) is 0. The number of unbranched alkanes of at least 4 members (excludes halogenated alkanes) is 20. The molecular weight excluding hydrogens is 1240 g/mol. The maximum atomic E-state index is 12.9. The lowest BCUT2D eigenvalue weighted by molar-refractivity contribution is -0.161. The number of carbonyl (C=O) groups is 3. The number of hydrogen-bond acceptors (Lipinski definition) is 14. The van der Waals surface area contributed by atoms with Crippen molar-refractivity contribution in [3.63, 3.8) is 0 Å². The molecule has 0 aromatic carbocycles. The van der Waals surface area contributed by atoms with Crippen LogP contribution in [0.25, 0.3) is 0 Å². The van der Waals surface area contributed by atoms with Crippen LogP contribution in [0.5, 0.6) is 0 Å². The molecular formula is C77H128O16P2. The Morgan fingerprint density at radius 2 is 0.579 bits per heavy atom. The molecule has 0 aliphatic heterocycles. The quantitative estimate of drug-likeness (QED) is 0.0146. The first-order valence-corrected chi connectivity index (χ1v) is 39.1. The van der Waals surface area contributed by atoms with E-state index in [0.29, 0.717) is 19.3 Å². The van der Waals surface area contributed by atoms with Crippen LogP contribution in [0.2, 0.25) is 0 Å². The summed E-state index contributed by atoms with van der Waals surface area (Å²) in [5.74, 6) is -1.66. The van der Waals surface area contributed by atoms with E-state index < -0.39 is 91.5 Å². The molecule has 0 aromatic rings. The van der Waals surface area contributed by atoms with Crippen molar-refractivity contribution in [2.45, 2.75) is 283 Å². The van der Waals surface area contributed by atoms with Crippen LogP contribution in [0.4, 0.5) is 0 Å². The standard InChI is InChI=1S/C77H128O16P2/c1-4-7-10-13-16-19-22-25-27-29-31-33-34-35-36-38-40-41-43-46-48-51-54-57-60-63-75(80)87-66-72(78)67-89-94(83,84)90-68-73(79)69-91-95(85,86)92-71-74(93-77(82)65-62-59-56-53-50-45-24-21-18-15-12-9-6-3)70-88-76(81)64-61-58-55-52-49-47-44-42-39-37-32-30-28-26-23-20-17-14-11-8-5-2/h8,11-12,15-17,19-21,24-28,31-33,35-37,42,44,49,52,72-74,78-79H,4-7,9-10,13-14,18,22-23,29-30,34,38-41,43,45-48,50-51,53-71H2,1-3H3,(H,83,84)(H,85,86)/b11-8-,15-12-,19-16-,20-17-,24-21-,27-25-,28-26-,33-31-,36-35-,37-32-,44-42-,52-49-. The Morgan fingerprint density at radius 3 is 0.947 bits per heavy atom. The highest BCUT2D eigenvalue weighted by Gasteiger charge is 2.29. The number of carbonyl (C=O) groups excluding carboxylic acids is 3. The number of ether oxygens (including phenoxy) is 3. The summed E-state index contributed by atoms with van der Waals surface area (Å²) in [6.07, 6.45) is 83.3. The molecule has 0 bridgehead atoms. The molecule has 16 nitrogen and oxygen atoms in total. The molecule has 0 amide bonds. The van der Waals surface area contributed by atoms with Gasteiger partial charge in [0.25, 0.3) is 0 Å². The van der Waals surface area contributed by atoms with Crippen LogP contribution in [0.1, 0.15) is 265 Å². The smallest absolute Gasteiger partial charge is 0.463 e. The lowest BCUT2D eigenvalue weighted by Crippen LogP contribution is -2.30. The Morgan fingerprint density at radius 1 is 0.305 bits per heavy atom. The fourth-order valence-corrected chi connectivity index (χ4v) is 10.6. The Balaban J connectivity index is 4.63. The molecule has 0 rings (SSSR count). The largest absolute Gasteiger partial charge is 0.472 e. The minimum absolute atomic E-state index is 0.0733. The number of phosphoric ester groups is 2. The van der Waals surface area contributed by atoms with Crippen molar-refractivity contribution >= 4 is 33.6 Å². The molecule has 5 atom stereocenters. The van der Waals surface area contributed by atoms with Gasteiger partial charge in [0.1, 0.15) is 25.4 Å². The molecule has 0 saturated carbocycles. The maximum Gasteiger partial charge on any atom is 0.472 e. The molecule has 4 N–H and O–H groups in total. The number of hydrogen-bond donors (Lipinski definition) is 4. The molecule has 0 aliphatic carbocycles. The molecule has 0 saturated heterocycles. The monoisotopic (exact) mass is 1370 g/mol. The number of phosphoric acid groups is 2. The van der Waals surface area contributed by atoms with E-state index in [4.69, 9.17) is 32.3 Å². The fraction of sp³-hybridized carbons (Fsp3) is 0.649. The highest BCUT2D eigenvalue weighted by molar-refractivity contribution is 7.47. The van der Waals surface area contributed by atoms with Gasteiger partial charge >= 0.3 is 33.6 Å². The summed E-state index contributed by atoms with van der Waals surface area (Å²) in [7, 11) is -9.81. The predicted octanol–water partition coefficient (Wildman–Crippen LogP) is 20.5. The van der Waals surface area contributed by atoms with Crippen LogP contribution in [0.15, 0.2) is 146 Å². The Bertz CT molecular complexity index is 2310. The zero-order chi connectivity index (χ0) is 69.5. The van der Waals surface area contributed by atoms with E-state index >= 15 is 0 Å². The van der Waals surface area contributed by atoms with Crippen molar-refractivity contribution in [2.75, 3.05) is 39.6 Å². The second-order valence-corrected chi connectivity index (χ2v) is 26.6. The second-order valence-electron chi connectivity index (χ2n) is 23.6. The molecule has 0 fully saturated rings. The van der Waals surface area contributed by atoms with Crippen LogP contribution >= 0.6 is 15.6 Å². The van der Waals surface area contributed by atoms with Crippen molar-refractivity contribution in [2.24, 2.45) is 0 Å². The summed E-state index contributed by atoms with van der Waals surface area (Å²) in [6, 6.07) is 0. The van der Waals surface area contributed by atoms with E-state index in [-0.39, 0.29) is 19.3 Å². The first-order valence-electron chi connectivity index (χ1n) is 36.1. The lowest BCUT2D eigenvalue weighted by atomic mass is 10.1. The highest BCUT2D eigenvalue weighted by atomic mass is 31.2. The van der Waals surface area contributed by atoms with E-state index in [1.165, 1.54) is 51.4 Å². The third-order valence-corrected chi connectivity index (χ3v) is 16.4. The normalized spacial score (nSPS) is 15.0. The first-order chi connectivity index (χ1) is 46.2. The summed E-state index contributed by atoms with van der Waals surface area (Å²) in [5, 5.41) is 20.6. The summed E-state index contributed by atoms with van der Waals surface area (Å²) < 4.78 is 60.9. The summed E-state index contributed by atoms with van der Waals surface area (Å²) >= 11 is 0. The average molecular weight is 1370 g/mol. The van der Waals surface area contributed by atoms with Crippen molar-refractivity contribution < 1.29 is 75.8 Å². The number of esters is 3. The summed E-state index contributed by atoms with van der Waals surface area (Å²) in [4.78, 5) is 58.4. The van der Waals surface area contributed by atoms with Gasteiger partial charge in [0.05, 0.1) is 26.4 Å². The van der Waals surface area contributed by atoms with E-state index in [9.17, 15) is 43.5 Å².